The van der Waals surface area contributed by atoms with E-state index in [2.05, 4.69) is 5.73 Å². The third-order valence-electron chi connectivity index (χ3n) is 1.19. The third-order valence-corrected chi connectivity index (χ3v) is 1.19. The normalized spacial score (nSPS) is 4.36. The third kappa shape index (κ3) is 101. The van der Waals surface area contributed by atoms with Gasteiger partial charge >= 0.3 is 0 Å². The van der Waals surface area contributed by atoms with Gasteiger partial charge in [-0.1, -0.05) is 117 Å². The van der Waals surface area contributed by atoms with Gasteiger partial charge in [0.05, 0.1) is 0 Å². The van der Waals surface area contributed by atoms with Gasteiger partial charge in [0.15, 0.2) is 0 Å². The van der Waals surface area contributed by atoms with Crippen LogP contribution in [0, 0.1) is 6.92 Å². The smallest absolute Gasteiger partial charge is 0.0343 e. The van der Waals surface area contributed by atoms with E-state index in [-0.39, 0.29) is 38.1 Å². The molecule has 0 saturated heterocycles. The Kier molecular flexibility index (Phi) is 411. The molecule has 25 heavy (non-hydrogen) atoms. The molecule has 0 atom stereocenters. The molecule has 0 aromatic heterocycles. The minimum Gasteiger partial charge on any atom is -0.399 e. The van der Waals surface area contributed by atoms with Crippen LogP contribution in [-0.4, -0.2) is 15.5 Å². The fourth-order valence-corrected chi connectivity index (χ4v) is 0.587. The van der Waals surface area contributed by atoms with Crippen molar-refractivity contribution in [3.8, 4) is 0 Å². The number of nitrogen functional groups attached to an aromatic ring is 1. The lowest BCUT2D eigenvalue weighted by Crippen LogP contribution is -1.85. The lowest BCUT2D eigenvalue weighted by atomic mass is 10.2. The maximum Gasteiger partial charge on any atom is 0.0343 e. The minimum absolute atomic E-state index is 0. The van der Waals surface area contributed by atoms with Crippen molar-refractivity contribution in [3.05, 3.63) is 29.8 Å². The summed E-state index contributed by atoms with van der Waals surface area (Å²) in [6, 6.07) is 7.80. The molecule has 0 unspecified atom stereocenters. The highest BCUT2D eigenvalue weighted by Crippen LogP contribution is 2.06. The van der Waals surface area contributed by atoms with Crippen LogP contribution in [0.1, 0.15) is 105 Å². The first kappa shape index (κ1) is 75.0. The largest absolute Gasteiger partial charge is 0.399 e. The van der Waals surface area contributed by atoms with E-state index >= 15 is 0 Å². The molecule has 1 rings (SSSR count). The standard InChI is InChI=1S/C7H9N.5C2H6.CH5N.4CH4.B/c1-6-4-2-3-5-7(6)8;6*1-2;;;;;/h2-5H,8H2,1H3;5*1-2H3;2H2,1H3;4*1H4;. The molecule has 1 aromatic carbocycles. The first-order chi connectivity index (χ1) is 9.80. The Balaban J connectivity index is -0.0000000114. The van der Waals surface area contributed by atoms with Crippen LogP contribution in [-0.2, 0) is 0 Å². The molecule has 0 bridgehead atoms. The zero-order chi connectivity index (χ0) is 18.0. The van der Waals surface area contributed by atoms with Gasteiger partial charge in [0.2, 0.25) is 0 Å². The number of aryl methyl sites for hydroxylation is 1. The Labute approximate surface area is 168 Å². The molecule has 3 radical (unpaired) electrons. The Morgan fingerprint density at radius 1 is 0.560 bits per heavy atom. The molecule has 0 amide bonds. The van der Waals surface area contributed by atoms with Gasteiger partial charge in [0, 0.05) is 14.1 Å². The summed E-state index contributed by atoms with van der Waals surface area (Å²) >= 11 is 0. The van der Waals surface area contributed by atoms with E-state index in [9.17, 15) is 0 Å². The number of anilines is 1. The fourth-order valence-electron chi connectivity index (χ4n) is 0.587. The lowest BCUT2D eigenvalue weighted by molar-refractivity contribution is 1.47. The van der Waals surface area contributed by atoms with Gasteiger partial charge < -0.3 is 11.5 Å². The van der Waals surface area contributed by atoms with Crippen LogP contribution in [0.4, 0.5) is 5.69 Å². The molecule has 3 heteroatoms. The SMILES string of the molecule is C.C.C.C.CC.CC.CC.CC.CC.CN.Cc1ccccc1N.[B]. The minimum atomic E-state index is 0. The highest BCUT2D eigenvalue weighted by Gasteiger charge is 1.84. The number of nitrogens with two attached hydrogens (primary N) is 2. The lowest BCUT2D eigenvalue weighted by Gasteiger charge is -1.93. The topological polar surface area (TPSA) is 52.0 Å². The number of hydrogen-bond acceptors (Lipinski definition) is 2. The van der Waals surface area contributed by atoms with Crippen LogP contribution >= 0.6 is 0 Å². The van der Waals surface area contributed by atoms with Crippen LogP contribution in [0.15, 0.2) is 24.3 Å². The van der Waals surface area contributed by atoms with Crippen molar-refractivity contribution < 1.29 is 0 Å². The zero-order valence-corrected chi connectivity index (χ0v) is 17.0. The fraction of sp³-hybridized carbons (Fsp3) is 0.727. The highest BCUT2D eigenvalue weighted by molar-refractivity contribution is 5.75. The Morgan fingerprint density at radius 2 is 0.760 bits per heavy atom. The van der Waals surface area contributed by atoms with E-state index in [4.69, 9.17) is 5.73 Å². The van der Waals surface area contributed by atoms with Gasteiger partial charge in [-0.05, 0) is 25.6 Å². The Bertz CT molecular complexity index is 172. The molecule has 1 aromatic rings. The molecule has 0 heterocycles. The van der Waals surface area contributed by atoms with E-state index in [0.29, 0.717) is 0 Å². The van der Waals surface area contributed by atoms with Crippen molar-refractivity contribution in [3.63, 3.8) is 0 Å². The summed E-state index contributed by atoms with van der Waals surface area (Å²) in [4.78, 5) is 0. The maximum absolute atomic E-state index is 5.52. The summed E-state index contributed by atoms with van der Waals surface area (Å²) in [5.74, 6) is 0. The number of benzene rings is 1. The van der Waals surface area contributed by atoms with Gasteiger partial charge in [-0.25, -0.2) is 0 Å². The summed E-state index contributed by atoms with van der Waals surface area (Å²) in [7, 11) is 1.50. The predicted octanol–water partition coefficient (Wildman–Crippen LogP) is 8.45. The average Bonchev–Trinajstić information content (AvgIpc) is 2.61. The number of rotatable bonds is 0. The molecule has 0 fully saturated rings. The molecule has 2 nitrogen and oxygen atoms in total. The molecule has 0 aliphatic carbocycles. The van der Waals surface area contributed by atoms with E-state index in [1.54, 1.807) is 0 Å². The second kappa shape index (κ2) is 137. The monoisotopic (exact) mass is 363 g/mol. The second-order valence-electron chi connectivity index (χ2n) is 1.86. The highest BCUT2D eigenvalue weighted by atomic mass is 14.5. The van der Waals surface area contributed by atoms with Crippen LogP contribution in [0.5, 0.6) is 0 Å². The van der Waals surface area contributed by atoms with Crippen molar-refractivity contribution >= 4 is 14.1 Å². The van der Waals surface area contributed by atoms with Gasteiger partial charge in [0.1, 0.15) is 0 Å². The van der Waals surface area contributed by atoms with E-state index in [0.717, 1.165) is 11.3 Å². The molecule has 4 N–H and O–H groups in total. The Hall–Kier alpha value is -0.955. The molecule has 0 aliphatic rings. The summed E-state index contributed by atoms with van der Waals surface area (Å²) in [6.45, 7) is 22.0. The van der Waals surface area contributed by atoms with Gasteiger partial charge in [-0.2, -0.15) is 0 Å². The van der Waals surface area contributed by atoms with Crippen molar-refractivity contribution in [2.45, 2.75) is 106 Å². The van der Waals surface area contributed by atoms with Crippen LogP contribution < -0.4 is 11.5 Å². The predicted molar refractivity (Wildman–Crippen MR) is 135 cm³/mol. The van der Waals surface area contributed by atoms with E-state index < -0.39 is 0 Å². The summed E-state index contributed by atoms with van der Waals surface area (Å²) < 4.78 is 0. The summed E-state index contributed by atoms with van der Waals surface area (Å²) in [6.07, 6.45) is 0. The zero-order valence-electron chi connectivity index (χ0n) is 17.0. The molecule has 0 saturated carbocycles. The first-order valence-electron chi connectivity index (χ1n) is 8.19. The summed E-state index contributed by atoms with van der Waals surface area (Å²) in [5, 5.41) is 0. The van der Waals surface area contributed by atoms with Crippen molar-refractivity contribution in [2.24, 2.45) is 5.73 Å². The van der Waals surface area contributed by atoms with Crippen LogP contribution in [0.25, 0.3) is 0 Å². The van der Waals surface area contributed by atoms with E-state index in [1.807, 2.05) is 100 Å². The molecular formula is C22H60BN2. The van der Waals surface area contributed by atoms with Crippen molar-refractivity contribution in [1.29, 1.82) is 0 Å². The number of hydrogen-bond donors (Lipinski definition) is 2. The van der Waals surface area contributed by atoms with Crippen molar-refractivity contribution in [2.75, 3.05) is 12.8 Å². The molecule has 0 aliphatic heterocycles. The van der Waals surface area contributed by atoms with Gasteiger partial charge in [0.25, 0.3) is 0 Å². The quantitative estimate of drug-likeness (QED) is 0.359. The summed E-state index contributed by atoms with van der Waals surface area (Å²) in [5.41, 5.74) is 12.0. The average molecular weight is 364 g/mol. The van der Waals surface area contributed by atoms with Crippen molar-refractivity contribution in [1.82, 2.24) is 0 Å². The molecular weight excluding hydrogens is 303 g/mol. The van der Waals surface area contributed by atoms with Gasteiger partial charge in [-0.3, -0.25) is 0 Å². The van der Waals surface area contributed by atoms with E-state index in [1.165, 1.54) is 7.05 Å². The number of para-hydroxylation sites is 1. The molecule has 161 valence electrons. The van der Waals surface area contributed by atoms with Gasteiger partial charge in [-0.15, -0.1) is 0 Å². The van der Waals surface area contributed by atoms with Crippen LogP contribution in [0.3, 0.4) is 0 Å². The maximum atomic E-state index is 5.52. The van der Waals surface area contributed by atoms with Crippen LogP contribution in [0.2, 0.25) is 0 Å². The Morgan fingerprint density at radius 3 is 0.880 bits per heavy atom. The first-order valence-corrected chi connectivity index (χ1v) is 8.19. The second-order valence-corrected chi connectivity index (χ2v) is 1.86. The molecule has 0 spiro atoms.